The molecule has 0 aliphatic heterocycles. The molecule has 3 heteroatoms. The zero-order chi connectivity index (χ0) is 59.8. The molecule has 0 nitrogen and oxygen atoms in total. The Hall–Kier alpha value is -5.67. The average molecular weight is 1060 g/mol. The van der Waals surface area contributed by atoms with E-state index in [4.69, 9.17) is 0 Å². The molecule has 0 saturated heterocycles. The van der Waals surface area contributed by atoms with Crippen LogP contribution in [-0.4, -0.2) is 6.18 Å². The van der Waals surface area contributed by atoms with Gasteiger partial charge in [-0.05, 0) is 197 Å². The van der Waals surface area contributed by atoms with Gasteiger partial charge in [0.1, 0.15) is 0 Å². The van der Waals surface area contributed by atoms with Crippen molar-refractivity contribution in [3.8, 4) is 0 Å². The summed E-state index contributed by atoms with van der Waals surface area (Å²) in [4.78, 5) is 0. The molecule has 0 heterocycles. The van der Waals surface area contributed by atoms with E-state index in [1.807, 2.05) is 19.1 Å². The molecule has 0 amide bonds. The summed E-state index contributed by atoms with van der Waals surface area (Å²) >= 11 is 0. The fourth-order valence-electron chi connectivity index (χ4n) is 7.72. The van der Waals surface area contributed by atoms with Gasteiger partial charge in [-0.25, -0.2) is 0 Å². The largest absolute Gasteiger partial charge is 0.394 e. The van der Waals surface area contributed by atoms with Crippen LogP contribution in [0.3, 0.4) is 0 Å². The normalized spacial score (nSPS) is 11.1. The quantitative estimate of drug-likeness (QED) is 0.156. The predicted molar refractivity (Wildman–Crippen MR) is 340 cm³/mol. The lowest BCUT2D eigenvalue weighted by molar-refractivity contribution is -0.211. The van der Waals surface area contributed by atoms with Gasteiger partial charge in [0.05, 0.1) is 5.41 Å². The van der Waals surface area contributed by atoms with E-state index in [0.717, 1.165) is 23.5 Å². The Bertz CT molecular complexity index is 2740. The highest BCUT2D eigenvalue weighted by molar-refractivity contribution is 5.34. The second-order valence-electron chi connectivity index (χ2n) is 25.6. The van der Waals surface area contributed by atoms with Crippen molar-refractivity contribution in [3.63, 3.8) is 0 Å². The highest BCUT2D eigenvalue weighted by Crippen LogP contribution is 2.40. The van der Waals surface area contributed by atoms with E-state index in [-0.39, 0.29) is 11.8 Å². The molecule has 0 radical (unpaired) electrons. The maximum Gasteiger partial charge on any atom is 0.394 e. The SMILES string of the molecule is Cc1ccc(C(C)(C)C)cc1C.Cc1ccc(C(C)C)cc1C.Cc1ccc(C)c(C)c1.Cc1ccc(CC(C)(C)C(F)(F)F)cc1.Cc1ccc(CC(C)(C)C)cc1.Cc1ccc(CC(C)C)cc1.Cc1ccccc1C. The summed E-state index contributed by atoms with van der Waals surface area (Å²) in [6.07, 6.45) is -1.78. The molecule has 0 aromatic heterocycles. The molecule has 0 bridgehead atoms. The number of aryl methyl sites for hydroxylation is 12. The van der Waals surface area contributed by atoms with Crippen molar-refractivity contribution in [1.82, 2.24) is 0 Å². The Morgan fingerprint density at radius 3 is 1.01 bits per heavy atom. The first-order chi connectivity index (χ1) is 35.9. The fourth-order valence-corrected chi connectivity index (χ4v) is 7.72. The lowest BCUT2D eigenvalue weighted by Crippen LogP contribution is -2.34. The molecule has 78 heavy (non-hydrogen) atoms. The summed E-state index contributed by atoms with van der Waals surface area (Å²) in [7, 11) is 0. The fraction of sp³-hybridized carbons (Fsp3) is 0.440. The Labute approximate surface area is 476 Å². The summed E-state index contributed by atoms with van der Waals surface area (Å²) in [5.41, 5.74) is 21.6. The molecule has 7 rings (SSSR count). The molecule has 426 valence electrons. The van der Waals surface area contributed by atoms with Crippen LogP contribution in [-0.2, 0) is 24.7 Å². The third kappa shape index (κ3) is 29.3. The molecule has 0 saturated carbocycles. The van der Waals surface area contributed by atoms with Crippen LogP contribution in [0, 0.1) is 99.8 Å². The van der Waals surface area contributed by atoms with Crippen molar-refractivity contribution >= 4 is 0 Å². The van der Waals surface area contributed by atoms with Crippen LogP contribution in [0.5, 0.6) is 0 Å². The Morgan fingerprint density at radius 1 is 0.346 bits per heavy atom. The lowest BCUT2D eigenvalue weighted by atomic mass is 9.85. The Balaban J connectivity index is 0.000000458. The van der Waals surface area contributed by atoms with Crippen molar-refractivity contribution in [2.45, 2.75) is 203 Å². The monoisotopic (exact) mass is 1060 g/mol. The van der Waals surface area contributed by atoms with Gasteiger partial charge in [0.25, 0.3) is 0 Å². The van der Waals surface area contributed by atoms with Crippen LogP contribution in [0.1, 0.15) is 184 Å². The molecule has 0 spiro atoms. The van der Waals surface area contributed by atoms with Crippen LogP contribution in [0.25, 0.3) is 0 Å². The molecule has 7 aromatic rings. The van der Waals surface area contributed by atoms with E-state index in [1.165, 1.54) is 104 Å². The maximum absolute atomic E-state index is 12.6. The van der Waals surface area contributed by atoms with Gasteiger partial charge in [-0.15, -0.1) is 0 Å². The Morgan fingerprint density at radius 2 is 0.692 bits per heavy atom. The first-order valence-electron chi connectivity index (χ1n) is 28.3. The summed E-state index contributed by atoms with van der Waals surface area (Å²) in [6, 6.07) is 53.0. The van der Waals surface area contributed by atoms with Gasteiger partial charge in [0.15, 0.2) is 0 Å². The molecular weight excluding hydrogens is 958 g/mol. The van der Waals surface area contributed by atoms with Crippen LogP contribution < -0.4 is 0 Å². The maximum atomic E-state index is 12.6. The number of rotatable bonds is 6. The van der Waals surface area contributed by atoms with Crippen LogP contribution in [0.2, 0.25) is 0 Å². The highest BCUT2D eigenvalue weighted by Gasteiger charge is 2.46. The predicted octanol–water partition coefficient (Wildman–Crippen LogP) is 22.8. The molecule has 0 aliphatic rings. The van der Waals surface area contributed by atoms with Crippen molar-refractivity contribution in [2.24, 2.45) is 16.7 Å². The number of alkyl halides is 3. The van der Waals surface area contributed by atoms with E-state index in [1.54, 1.807) is 12.1 Å². The van der Waals surface area contributed by atoms with Gasteiger partial charge >= 0.3 is 6.18 Å². The Kier molecular flexibility index (Phi) is 29.8. The summed E-state index contributed by atoms with van der Waals surface area (Å²) in [5.74, 6) is 1.41. The second kappa shape index (κ2) is 33.0. The summed E-state index contributed by atoms with van der Waals surface area (Å²) in [6.45, 7) is 50.4. The van der Waals surface area contributed by atoms with Gasteiger partial charge in [0, 0.05) is 0 Å². The zero-order valence-electron chi connectivity index (χ0n) is 53.3. The van der Waals surface area contributed by atoms with Gasteiger partial charge < -0.3 is 0 Å². The number of halogens is 3. The van der Waals surface area contributed by atoms with Crippen LogP contribution in [0.15, 0.2) is 152 Å². The molecule has 7 aromatic carbocycles. The van der Waals surface area contributed by atoms with Crippen molar-refractivity contribution in [2.75, 3.05) is 0 Å². The highest BCUT2D eigenvalue weighted by atomic mass is 19.4. The minimum absolute atomic E-state index is 0.0246. The summed E-state index contributed by atoms with van der Waals surface area (Å²) < 4.78 is 37.8. The summed E-state index contributed by atoms with van der Waals surface area (Å²) in [5, 5.41) is 0. The molecule has 0 N–H and O–H groups in total. The van der Waals surface area contributed by atoms with Gasteiger partial charge in [0.2, 0.25) is 0 Å². The second-order valence-corrected chi connectivity index (χ2v) is 25.6. The van der Waals surface area contributed by atoms with E-state index in [2.05, 4.69) is 273 Å². The third-order valence-electron chi connectivity index (χ3n) is 13.8. The van der Waals surface area contributed by atoms with Gasteiger partial charge in [-0.3, -0.25) is 0 Å². The molecular formula is C75H105F3. The minimum Gasteiger partial charge on any atom is -0.171 e. The third-order valence-corrected chi connectivity index (χ3v) is 13.8. The van der Waals surface area contributed by atoms with E-state index in [0.29, 0.717) is 11.3 Å². The van der Waals surface area contributed by atoms with Gasteiger partial charge in [-0.1, -0.05) is 257 Å². The number of benzene rings is 7. The zero-order valence-corrected chi connectivity index (χ0v) is 53.3. The number of hydrogen-bond donors (Lipinski definition) is 0. The smallest absolute Gasteiger partial charge is 0.171 e. The van der Waals surface area contributed by atoms with Crippen LogP contribution >= 0.6 is 0 Å². The van der Waals surface area contributed by atoms with Crippen molar-refractivity contribution in [3.05, 3.63) is 246 Å². The van der Waals surface area contributed by atoms with Crippen molar-refractivity contribution in [1.29, 1.82) is 0 Å². The lowest BCUT2D eigenvalue weighted by Gasteiger charge is -2.27. The first-order valence-corrected chi connectivity index (χ1v) is 28.3. The van der Waals surface area contributed by atoms with E-state index >= 15 is 0 Å². The minimum atomic E-state index is -4.15. The molecule has 0 aliphatic carbocycles. The number of hydrogen-bond acceptors (Lipinski definition) is 0. The van der Waals surface area contributed by atoms with Crippen LogP contribution in [0.4, 0.5) is 13.2 Å². The molecule has 0 fully saturated rings. The van der Waals surface area contributed by atoms with E-state index in [9.17, 15) is 13.2 Å². The first kappa shape index (κ1) is 70.3. The molecule has 0 unspecified atom stereocenters. The topological polar surface area (TPSA) is 0 Å². The van der Waals surface area contributed by atoms with Gasteiger partial charge in [-0.2, -0.15) is 13.2 Å². The van der Waals surface area contributed by atoms with E-state index < -0.39 is 11.6 Å². The molecule has 0 atom stereocenters. The average Bonchev–Trinajstić information content (AvgIpc) is 3.33. The standard InChI is InChI=1S/C12H15F3.2C12H18.2C11H16.C9H12.C8H10/c1-9-4-6-10(7-5-9)8-11(2,3)12(13,14)15;1-9-6-7-11(8-10(9)2)12(3,4)5;1-10-5-7-11(8-6-10)9-12(2,3)4;1-8(2)11-6-5-9(3)10(4)7-11;1-9(2)8-11-6-4-10(3)5-7-11;1-7-4-5-8(2)9(3)6-7;1-7-5-3-4-6-8(7)2/h4-7H,8H2,1-3H3;6-8H,1-5H3;5-8H,9H2,1-4H3;5-8H,1-4H3;4-7,9H,8H2,1-3H3;4-6H,1-3H3;3-6H,1-2H3. The van der Waals surface area contributed by atoms with Crippen molar-refractivity contribution < 1.29 is 13.2 Å².